The molecule has 3 atom stereocenters. The Labute approximate surface area is 124 Å². The standard InChI is InChI=1S/C14H24N4OS/c1-15-11-6-4-3-5-10(11)14-16-13(17-19-14)12-9-20-8-7-18(12)2/h10-12,15H,3-9H2,1-2H3. The zero-order valence-electron chi connectivity index (χ0n) is 12.3. The largest absolute Gasteiger partial charge is 0.339 e. The van der Waals surface area contributed by atoms with Crippen LogP contribution in [0.3, 0.4) is 0 Å². The Kier molecular flexibility index (Phi) is 4.63. The van der Waals surface area contributed by atoms with E-state index >= 15 is 0 Å². The van der Waals surface area contributed by atoms with Crippen LogP contribution in [0.15, 0.2) is 4.52 Å². The SMILES string of the molecule is CNC1CCCCC1c1nc(C2CSCCN2C)no1. The van der Waals surface area contributed by atoms with Gasteiger partial charge in [0.05, 0.1) is 12.0 Å². The van der Waals surface area contributed by atoms with Crippen LogP contribution in [0.2, 0.25) is 0 Å². The minimum absolute atomic E-state index is 0.308. The van der Waals surface area contributed by atoms with E-state index in [1.54, 1.807) is 0 Å². The molecule has 1 aliphatic carbocycles. The van der Waals surface area contributed by atoms with E-state index in [2.05, 4.69) is 22.4 Å². The minimum atomic E-state index is 0.308. The van der Waals surface area contributed by atoms with Crippen LogP contribution in [-0.4, -0.2) is 53.2 Å². The first-order valence-corrected chi connectivity index (χ1v) is 8.74. The van der Waals surface area contributed by atoms with Gasteiger partial charge in [0.2, 0.25) is 5.89 Å². The van der Waals surface area contributed by atoms with Crippen molar-refractivity contribution in [3.8, 4) is 0 Å². The monoisotopic (exact) mass is 296 g/mol. The third kappa shape index (κ3) is 2.87. The number of rotatable bonds is 3. The molecular formula is C14H24N4OS. The van der Waals surface area contributed by atoms with Gasteiger partial charge >= 0.3 is 0 Å². The number of hydrogen-bond donors (Lipinski definition) is 1. The van der Waals surface area contributed by atoms with Gasteiger partial charge in [0.25, 0.3) is 0 Å². The second-order valence-corrected chi connectivity index (χ2v) is 7.00. The number of nitrogens with zero attached hydrogens (tertiary/aromatic N) is 3. The van der Waals surface area contributed by atoms with E-state index in [1.165, 1.54) is 25.0 Å². The molecule has 0 spiro atoms. The maximum Gasteiger partial charge on any atom is 0.231 e. The maximum absolute atomic E-state index is 5.60. The topological polar surface area (TPSA) is 54.2 Å². The molecule has 0 aromatic carbocycles. The van der Waals surface area contributed by atoms with Gasteiger partial charge in [-0.05, 0) is 26.9 Å². The lowest BCUT2D eigenvalue weighted by molar-refractivity contribution is 0.250. The van der Waals surface area contributed by atoms with Crippen LogP contribution in [0.4, 0.5) is 0 Å². The first-order chi connectivity index (χ1) is 9.79. The van der Waals surface area contributed by atoms with Crippen molar-refractivity contribution in [3.05, 3.63) is 11.7 Å². The van der Waals surface area contributed by atoms with Crippen molar-refractivity contribution in [1.82, 2.24) is 20.4 Å². The van der Waals surface area contributed by atoms with Gasteiger partial charge in [0, 0.05) is 24.1 Å². The summed E-state index contributed by atoms with van der Waals surface area (Å²) >= 11 is 1.98. The highest BCUT2D eigenvalue weighted by atomic mass is 32.2. The van der Waals surface area contributed by atoms with Gasteiger partial charge in [-0.3, -0.25) is 4.90 Å². The second-order valence-electron chi connectivity index (χ2n) is 5.85. The van der Waals surface area contributed by atoms with Gasteiger partial charge in [0.15, 0.2) is 5.82 Å². The molecule has 20 heavy (non-hydrogen) atoms. The van der Waals surface area contributed by atoms with Crippen LogP contribution in [-0.2, 0) is 0 Å². The van der Waals surface area contributed by atoms with Crippen LogP contribution in [0, 0.1) is 0 Å². The Morgan fingerprint density at radius 3 is 3.00 bits per heavy atom. The number of aromatic nitrogens is 2. The Bertz CT molecular complexity index is 439. The van der Waals surface area contributed by atoms with Gasteiger partial charge in [-0.25, -0.2) is 0 Å². The third-order valence-corrected chi connectivity index (χ3v) is 5.63. The van der Waals surface area contributed by atoms with Crippen LogP contribution in [0.25, 0.3) is 0 Å². The number of likely N-dealkylation sites (N-methyl/N-ethyl adjacent to an activating group) is 1. The molecule has 3 unspecified atom stereocenters. The molecule has 1 saturated heterocycles. The van der Waals surface area contributed by atoms with Crippen molar-refractivity contribution in [2.75, 3.05) is 32.1 Å². The summed E-state index contributed by atoms with van der Waals surface area (Å²) in [5.74, 6) is 4.35. The number of thioether (sulfide) groups is 1. The molecule has 2 aliphatic rings. The molecule has 2 fully saturated rings. The first-order valence-electron chi connectivity index (χ1n) is 7.58. The van der Waals surface area contributed by atoms with E-state index in [9.17, 15) is 0 Å². The molecule has 1 N–H and O–H groups in total. The molecule has 0 radical (unpaired) electrons. The number of hydrogen-bond acceptors (Lipinski definition) is 6. The fourth-order valence-corrected chi connectivity index (χ4v) is 4.47. The van der Waals surface area contributed by atoms with E-state index in [4.69, 9.17) is 9.51 Å². The summed E-state index contributed by atoms with van der Waals surface area (Å²) in [4.78, 5) is 7.07. The quantitative estimate of drug-likeness (QED) is 0.921. The second kappa shape index (κ2) is 6.45. The van der Waals surface area contributed by atoms with E-state index in [1.807, 2.05) is 18.8 Å². The van der Waals surface area contributed by atoms with Crippen molar-refractivity contribution in [3.63, 3.8) is 0 Å². The van der Waals surface area contributed by atoms with Crippen LogP contribution < -0.4 is 5.32 Å². The zero-order chi connectivity index (χ0) is 13.9. The molecule has 2 heterocycles. The van der Waals surface area contributed by atoms with E-state index < -0.39 is 0 Å². The molecule has 3 rings (SSSR count). The summed E-state index contributed by atoms with van der Waals surface area (Å²) in [6.45, 7) is 1.10. The fraction of sp³-hybridized carbons (Fsp3) is 0.857. The summed E-state index contributed by atoms with van der Waals surface area (Å²) in [6.07, 6.45) is 4.92. The highest BCUT2D eigenvalue weighted by Gasteiger charge is 2.32. The summed E-state index contributed by atoms with van der Waals surface area (Å²) in [5.41, 5.74) is 0. The van der Waals surface area contributed by atoms with Crippen molar-refractivity contribution < 1.29 is 4.52 Å². The van der Waals surface area contributed by atoms with Gasteiger partial charge in [-0.2, -0.15) is 16.7 Å². The molecule has 0 amide bonds. The highest BCUT2D eigenvalue weighted by molar-refractivity contribution is 7.99. The summed E-state index contributed by atoms with van der Waals surface area (Å²) < 4.78 is 5.60. The fourth-order valence-electron chi connectivity index (χ4n) is 3.26. The third-order valence-electron chi connectivity index (χ3n) is 4.61. The smallest absolute Gasteiger partial charge is 0.231 e. The predicted octanol–water partition coefficient (Wildman–Crippen LogP) is 2.03. The van der Waals surface area contributed by atoms with Crippen molar-refractivity contribution in [2.24, 2.45) is 0 Å². The van der Waals surface area contributed by atoms with Gasteiger partial charge in [-0.15, -0.1) is 0 Å². The first kappa shape index (κ1) is 14.4. The molecule has 1 saturated carbocycles. The lowest BCUT2D eigenvalue weighted by Crippen LogP contribution is -2.35. The average Bonchev–Trinajstić information content (AvgIpc) is 2.97. The molecular weight excluding hydrogens is 272 g/mol. The molecule has 5 nitrogen and oxygen atoms in total. The van der Waals surface area contributed by atoms with Crippen LogP contribution >= 0.6 is 11.8 Å². The zero-order valence-corrected chi connectivity index (χ0v) is 13.2. The van der Waals surface area contributed by atoms with E-state index in [0.29, 0.717) is 18.0 Å². The lowest BCUT2D eigenvalue weighted by Gasteiger charge is -2.30. The summed E-state index contributed by atoms with van der Waals surface area (Å²) in [7, 11) is 4.18. The minimum Gasteiger partial charge on any atom is -0.339 e. The molecule has 6 heteroatoms. The normalized spacial score (nSPS) is 32.4. The summed E-state index contributed by atoms with van der Waals surface area (Å²) in [5, 5.41) is 7.67. The van der Waals surface area contributed by atoms with Gasteiger partial charge < -0.3 is 9.84 Å². The van der Waals surface area contributed by atoms with Crippen LogP contribution in [0.1, 0.15) is 49.4 Å². The van der Waals surface area contributed by atoms with Crippen molar-refractivity contribution in [1.29, 1.82) is 0 Å². The molecule has 1 aliphatic heterocycles. The van der Waals surface area contributed by atoms with E-state index in [0.717, 1.165) is 30.4 Å². The Morgan fingerprint density at radius 1 is 1.35 bits per heavy atom. The van der Waals surface area contributed by atoms with Gasteiger partial charge in [-0.1, -0.05) is 18.0 Å². The molecule has 0 bridgehead atoms. The van der Waals surface area contributed by atoms with Crippen molar-refractivity contribution in [2.45, 2.75) is 43.7 Å². The summed E-state index contributed by atoms with van der Waals surface area (Å²) in [6, 6.07) is 0.790. The highest BCUT2D eigenvalue weighted by Crippen LogP contribution is 2.33. The van der Waals surface area contributed by atoms with Crippen LogP contribution in [0.5, 0.6) is 0 Å². The predicted molar refractivity (Wildman–Crippen MR) is 81.1 cm³/mol. The van der Waals surface area contributed by atoms with Crippen molar-refractivity contribution >= 4 is 11.8 Å². The Morgan fingerprint density at radius 2 is 2.20 bits per heavy atom. The maximum atomic E-state index is 5.60. The van der Waals surface area contributed by atoms with Gasteiger partial charge in [0.1, 0.15) is 0 Å². The molecule has 112 valence electrons. The number of nitrogens with one attached hydrogen (secondary N) is 1. The molecule has 1 aromatic rings. The Balaban J connectivity index is 1.75. The average molecular weight is 296 g/mol. The molecule has 1 aromatic heterocycles. The lowest BCUT2D eigenvalue weighted by atomic mass is 9.84. The Hall–Kier alpha value is -0.590. The van der Waals surface area contributed by atoms with E-state index in [-0.39, 0.29) is 0 Å².